The van der Waals surface area contributed by atoms with Gasteiger partial charge in [-0.25, -0.2) is 0 Å². The number of hydrogen-bond acceptors (Lipinski definition) is 4. The number of benzene rings is 2. The first kappa shape index (κ1) is 17.5. The summed E-state index contributed by atoms with van der Waals surface area (Å²) in [4.78, 5) is 14.9. The van der Waals surface area contributed by atoms with E-state index < -0.39 is 6.10 Å². The minimum atomic E-state index is -0.918. The van der Waals surface area contributed by atoms with E-state index in [1.807, 2.05) is 18.4 Å². The van der Waals surface area contributed by atoms with Crippen molar-refractivity contribution in [3.05, 3.63) is 54.1 Å². The molecule has 4 nitrogen and oxygen atoms in total. The van der Waals surface area contributed by atoms with E-state index in [-0.39, 0.29) is 19.1 Å². The highest BCUT2D eigenvalue weighted by Gasteiger charge is 2.15. The van der Waals surface area contributed by atoms with Crippen molar-refractivity contribution in [2.75, 3.05) is 26.5 Å². The zero-order valence-corrected chi connectivity index (χ0v) is 14.1. The van der Waals surface area contributed by atoms with Gasteiger partial charge in [-0.3, -0.25) is 4.79 Å². The van der Waals surface area contributed by atoms with E-state index in [2.05, 4.69) is 24.3 Å². The Morgan fingerprint density at radius 2 is 1.61 bits per heavy atom. The predicted octanol–water partition coefficient (Wildman–Crippen LogP) is 2.50. The standard InChI is InChI=1S/C18H21NO3S/c1-19(11-16(21)12-20)18(22)15-5-3-13(4-6-15)14-7-9-17(23-2)10-8-14/h3-10,16,20-21H,11-12H2,1-2H3. The fourth-order valence-corrected chi connectivity index (χ4v) is 2.67. The van der Waals surface area contributed by atoms with Crippen molar-refractivity contribution in [3.63, 3.8) is 0 Å². The molecule has 0 radical (unpaired) electrons. The monoisotopic (exact) mass is 331 g/mol. The zero-order valence-electron chi connectivity index (χ0n) is 13.3. The molecule has 23 heavy (non-hydrogen) atoms. The maximum Gasteiger partial charge on any atom is 0.253 e. The van der Waals surface area contributed by atoms with Gasteiger partial charge in [0.05, 0.1) is 12.7 Å². The van der Waals surface area contributed by atoms with Crippen LogP contribution in [0.15, 0.2) is 53.4 Å². The number of carbonyl (C=O) groups is 1. The Bertz CT molecular complexity index is 640. The Balaban J connectivity index is 2.10. The van der Waals surface area contributed by atoms with E-state index in [0.29, 0.717) is 5.56 Å². The second-order valence-electron chi connectivity index (χ2n) is 5.33. The van der Waals surface area contributed by atoms with Crippen molar-refractivity contribution < 1.29 is 15.0 Å². The van der Waals surface area contributed by atoms with E-state index in [0.717, 1.165) is 11.1 Å². The molecule has 1 amide bonds. The lowest BCUT2D eigenvalue weighted by atomic mass is 10.0. The van der Waals surface area contributed by atoms with Gasteiger partial charge in [0.25, 0.3) is 5.91 Å². The van der Waals surface area contributed by atoms with Crippen LogP contribution >= 0.6 is 11.8 Å². The van der Waals surface area contributed by atoms with Crippen LogP contribution in [0.2, 0.25) is 0 Å². The summed E-state index contributed by atoms with van der Waals surface area (Å²) in [6.45, 7) is -0.254. The molecule has 2 rings (SSSR count). The Hall–Kier alpha value is -1.82. The second kappa shape index (κ2) is 8.15. The van der Waals surface area contributed by atoms with Crippen LogP contribution < -0.4 is 0 Å². The summed E-state index contributed by atoms with van der Waals surface area (Å²) in [5.41, 5.74) is 2.71. The average molecular weight is 331 g/mol. The number of thioether (sulfide) groups is 1. The molecule has 122 valence electrons. The van der Waals surface area contributed by atoms with E-state index in [4.69, 9.17) is 5.11 Å². The number of likely N-dealkylation sites (N-methyl/N-ethyl adjacent to an activating group) is 1. The van der Waals surface area contributed by atoms with Gasteiger partial charge >= 0.3 is 0 Å². The molecule has 2 N–H and O–H groups in total. The zero-order chi connectivity index (χ0) is 16.8. The third-order valence-electron chi connectivity index (χ3n) is 3.60. The quantitative estimate of drug-likeness (QED) is 0.799. The van der Waals surface area contributed by atoms with Crippen molar-refractivity contribution in [3.8, 4) is 11.1 Å². The molecule has 1 unspecified atom stereocenters. The van der Waals surface area contributed by atoms with Crippen LogP contribution in [0.3, 0.4) is 0 Å². The summed E-state index contributed by atoms with van der Waals surface area (Å²) in [6.07, 6.45) is 1.12. The Kier molecular flexibility index (Phi) is 6.21. The molecule has 2 aromatic carbocycles. The first-order chi connectivity index (χ1) is 11.0. The highest BCUT2D eigenvalue weighted by Crippen LogP contribution is 2.23. The van der Waals surface area contributed by atoms with Gasteiger partial charge < -0.3 is 15.1 Å². The van der Waals surface area contributed by atoms with E-state index in [9.17, 15) is 9.90 Å². The Labute approximate surface area is 140 Å². The highest BCUT2D eigenvalue weighted by molar-refractivity contribution is 7.98. The molecule has 1 atom stereocenters. The number of aliphatic hydroxyl groups excluding tert-OH is 2. The fourth-order valence-electron chi connectivity index (χ4n) is 2.27. The van der Waals surface area contributed by atoms with E-state index in [1.54, 1.807) is 30.9 Å². The van der Waals surface area contributed by atoms with Crippen molar-refractivity contribution >= 4 is 17.7 Å². The van der Waals surface area contributed by atoms with Crippen LogP contribution in [0, 0.1) is 0 Å². The SMILES string of the molecule is CSc1ccc(-c2ccc(C(=O)N(C)CC(O)CO)cc2)cc1. The van der Waals surface area contributed by atoms with Crippen molar-refractivity contribution in [1.29, 1.82) is 0 Å². The molecular formula is C18H21NO3S. The van der Waals surface area contributed by atoms with Crippen LogP contribution in [0.25, 0.3) is 11.1 Å². The lowest BCUT2D eigenvalue weighted by Gasteiger charge is -2.19. The summed E-state index contributed by atoms with van der Waals surface area (Å²) in [7, 11) is 1.61. The normalized spacial score (nSPS) is 12.0. The summed E-state index contributed by atoms with van der Waals surface area (Å²) in [5, 5.41) is 18.3. The van der Waals surface area contributed by atoms with Gasteiger partial charge in [-0.1, -0.05) is 24.3 Å². The molecule has 2 aromatic rings. The number of carbonyl (C=O) groups excluding carboxylic acids is 1. The maximum absolute atomic E-state index is 12.3. The minimum Gasteiger partial charge on any atom is -0.394 e. The first-order valence-electron chi connectivity index (χ1n) is 7.34. The van der Waals surface area contributed by atoms with Crippen LogP contribution in [-0.2, 0) is 0 Å². The van der Waals surface area contributed by atoms with Crippen molar-refractivity contribution in [2.24, 2.45) is 0 Å². The molecule has 0 saturated heterocycles. The Morgan fingerprint density at radius 1 is 1.09 bits per heavy atom. The topological polar surface area (TPSA) is 60.8 Å². The van der Waals surface area contributed by atoms with Crippen molar-refractivity contribution in [2.45, 2.75) is 11.0 Å². The molecule has 0 saturated carbocycles. The van der Waals surface area contributed by atoms with Crippen LogP contribution in [-0.4, -0.2) is 53.6 Å². The largest absolute Gasteiger partial charge is 0.394 e. The highest BCUT2D eigenvalue weighted by atomic mass is 32.2. The van der Waals surface area contributed by atoms with Gasteiger partial charge in [-0.2, -0.15) is 0 Å². The summed E-state index contributed by atoms with van der Waals surface area (Å²) < 4.78 is 0. The molecular weight excluding hydrogens is 310 g/mol. The van der Waals surface area contributed by atoms with Gasteiger partial charge in [-0.05, 0) is 41.6 Å². The molecule has 0 aromatic heterocycles. The number of hydrogen-bond donors (Lipinski definition) is 2. The van der Waals surface area contributed by atoms with Gasteiger partial charge in [-0.15, -0.1) is 11.8 Å². The summed E-state index contributed by atoms with van der Waals surface area (Å²) in [6, 6.07) is 15.7. The number of nitrogens with zero attached hydrogens (tertiary/aromatic N) is 1. The van der Waals surface area contributed by atoms with E-state index in [1.165, 1.54) is 9.80 Å². The van der Waals surface area contributed by atoms with Gasteiger partial charge in [0.15, 0.2) is 0 Å². The number of aliphatic hydroxyl groups is 2. The predicted molar refractivity (Wildman–Crippen MR) is 93.7 cm³/mol. The number of rotatable bonds is 6. The van der Waals surface area contributed by atoms with Gasteiger partial charge in [0.2, 0.25) is 0 Å². The number of amides is 1. The summed E-state index contributed by atoms with van der Waals surface area (Å²) in [5.74, 6) is -0.179. The molecule has 0 spiro atoms. The molecule has 0 bridgehead atoms. The molecule has 0 aliphatic rings. The third-order valence-corrected chi connectivity index (χ3v) is 4.34. The minimum absolute atomic E-state index is 0.104. The van der Waals surface area contributed by atoms with E-state index >= 15 is 0 Å². The lowest BCUT2D eigenvalue weighted by molar-refractivity contribution is 0.0520. The van der Waals surface area contributed by atoms with Gasteiger partial charge in [0.1, 0.15) is 0 Å². The summed E-state index contributed by atoms with van der Waals surface area (Å²) >= 11 is 1.70. The molecule has 0 heterocycles. The van der Waals surface area contributed by atoms with Gasteiger partial charge in [0, 0.05) is 24.1 Å². The van der Waals surface area contributed by atoms with Crippen molar-refractivity contribution in [1.82, 2.24) is 4.90 Å². The molecule has 5 heteroatoms. The first-order valence-corrected chi connectivity index (χ1v) is 8.56. The molecule has 0 aliphatic carbocycles. The third kappa shape index (κ3) is 4.58. The average Bonchev–Trinajstić information content (AvgIpc) is 2.61. The van der Waals surface area contributed by atoms with Crippen LogP contribution in [0.4, 0.5) is 0 Å². The Morgan fingerprint density at radius 3 is 2.09 bits per heavy atom. The maximum atomic E-state index is 12.3. The molecule has 0 fully saturated rings. The fraction of sp³-hybridized carbons (Fsp3) is 0.278. The van der Waals surface area contributed by atoms with Crippen LogP contribution in [0.5, 0.6) is 0 Å². The molecule has 0 aliphatic heterocycles. The smallest absolute Gasteiger partial charge is 0.253 e. The second-order valence-corrected chi connectivity index (χ2v) is 6.21. The lowest BCUT2D eigenvalue weighted by Crippen LogP contribution is -2.35. The van der Waals surface area contributed by atoms with Crippen LogP contribution in [0.1, 0.15) is 10.4 Å².